The summed E-state index contributed by atoms with van der Waals surface area (Å²) in [6.45, 7) is 11.8. The van der Waals surface area contributed by atoms with Crippen molar-refractivity contribution in [1.82, 2.24) is 0 Å². The third-order valence-electron chi connectivity index (χ3n) is 8.69. The maximum Gasteiger partial charge on any atom is 0.0313 e. The van der Waals surface area contributed by atoms with Crippen LogP contribution in [0.25, 0.3) is 0 Å². The molecule has 0 bridgehead atoms. The van der Waals surface area contributed by atoms with Gasteiger partial charge in [0.2, 0.25) is 0 Å². The molecular formula is C22H33N. The van der Waals surface area contributed by atoms with Crippen LogP contribution in [0.4, 0.5) is 0 Å². The van der Waals surface area contributed by atoms with E-state index in [-0.39, 0.29) is 0 Å². The Kier molecular flexibility index (Phi) is 3.63. The number of allylic oxidation sites excluding steroid dienone is 3. The number of rotatable bonds is 1. The van der Waals surface area contributed by atoms with Gasteiger partial charge in [0, 0.05) is 5.71 Å². The summed E-state index contributed by atoms with van der Waals surface area (Å²) < 4.78 is 0. The van der Waals surface area contributed by atoms with Gasteiger partial charge in [-0.25, -0.2) is 0 Å². The quantitative estimate of drug-likeness (QED) is 0.585. The average molecular weight is 312 g/mol. The summed E-state index contributed by atoms with van der Waals surface area (Å²) >= 11 is 0. The Morgan fingerprint density at radius 2 is 2.09 bits per heavy atom. The van der Waals surface area contributed by atoms with E-state index in [2.05, 4.69) is 39.5 Å². The maximum atomic E-state index is 8.07. The third kappa shape index (κ3) is 2.14. The molecule has 0 spiro atoms. The second kappa shape index (κ2) is 5.33. The van der Waals surface area contributed by atoms with Crippen LogP contribution in [0.5, 0.6) is 0 Å². The second-order valence-corrected chi connectivity index (χ2v) is 9.39. The van der Waals surface area contributed by atoms with Gasteiger partial charge in [0.05, 0.1) is 0 Å². The van der Waals surface area contributed by atoms with E-state index in [1.54, 1.807) is 5.57 Å². The summed E-state index contributed by atoms with van der Waals surface area (Å²) in [5.41, 5.74) is 3.01. The van der Waals surface area contributed by atoms with Crippen molar-refractivity contribution in [3.05, 3.63) is 24.3 Å². The minimum absolute atomic E-state index is 0.560. The zero-order valence-electron chi connectivity index (χ0n) is 15.1. The van der Waals surface area contributed by atoms with Gasteiger partial charge in [0.25, 0.3) is 0 Å². The molecule has 0 heterocycles. The first-order chi connectivity index (χ1) is 11.0. The van der Waals surface area contributed by atoms with Gasteiger partial charge in [-0.15, -0.1) is 6.58 Å². The molecule has 126 valence electrons. The fraction of sp³-hybridized carbons (Fsp3) is 0.773. The fourth-order valence-electron chi connectivity index (χ4n) is 7.17. The van der Waals surface area contributed by atoms with E-state index in [9.17, 15) is 0 Å². The van der Waals surface area contributed by atoms with Crippen molar-refractivity contribution in [1.29, 1.82) is 5.41 Å². The lowest BCUT2D eigenvalue weighted by atomic mass is 9.49. The Morgan fingerprint density at radius 3 is 2.83 bits per heavy atom. The molecule has 8 unspecified atom stereocenters. The first-order valence-electron chi connectivity index (χ1n) is 9.86. The van der Waals surface area contributed by atoms with Crippen molar-refractivity contribution >= 4 is 5.71 Å². The normalized spacial score (nSPS) is 52.2. The molecule has 0 saturated heterocycles. The molecule has 4 rings (SSSR count). The molecule has 0 radical (unpaired) electrons. The van der Waals surface area contributed by atoms with Gasteiger partial charge in [-0.3, -0.25) is 0 Å². The highest BCUT2D eigenvalue weighted by atomic mass is 14.6. The lowest BCUT2D eigenvalue weighted by Gasteiger charge is -2.56. The number of hydrogen-bond acceptors (Lipinski definition) is 1. The van der Waals surface area contributed by atoms with Crippen molar-refractivity contribution in [2.45, 2.75) is 59.3 Å². The molecule has 0 aliphatic heterocycles. The van der Waals surface area contributed by atoms with Gasteiger partial charge in [-0.05, 0) is 91.4 Å². The average Bonchev–Trinajstić information content (AvgIpc) is 2.77. The zero-order valence-corrected chi connectivity index (χ0v) is 15.1. The molecule has 1 N–H and O–H groups in total. The predicted molar refractivity (Wildman–Crippen MR) is 97.6 cm³/mol. The molecule has 8 atom stereocenters. The standard InChI is InChI=1S/C22H33N/c1-5-15-11-16-12-17(23)6-7-18(16)19-8-9-22(4)14(3)13(2)10-20(22)21(15)19/h5,12-15,18-21,23H,1,6-11H2,2-4H3. The maximum absolute atomic E-state index is 8.07. The van der Waals surface area contributed by atoms with Gasteiger partial charge in [0.1, 0.15) is 0 Å². The highest BCUT2D eigenvalue weighted by Crippen LogP contribution is 2.66. The van der Waals surface area contributed by atoms with E-state index in [0.717, 1.165) is 47.6 Å². The second-order valence-electron chi connectivity index (χ2n) is 9.39. The van der Waals surface area contributed by atoms with Crippen LogP contribution in [-0.2, 0) is 0 Å². The predicted octanol–water partition coefficient (Wildman–Crippen LogP) is 5.87. The zero-order chi connectivity index (χ0) is 16.4. The number of fused-ring (bicyclic) bond motifs is 5. The molecule has 1 heteroatoms. The monoisotopic (exact) mass is 311 g/mol. The van der Waals surface area contributed by atoms with Gasteiger partial charge >= 0.3 is 0 Å². The highest BCUT2D eigenvalue weighted by molar-refractivity contribution is 5.93. The number of hydrogen-bond donors (Lipinski definition) is 1. The lowest BCUT2D eigenvalue weighted by molar-refractivity contribution is -0.0358. The van der Waals surface area contributed by atoms with Crippen molar-refractivity contribution in [3.8, 4) is 0 Å². The molecule has 3 saturated carbocycles. The van der Waals surface area contributed by atoms with Crippen LogP contribution < -0.4 is 0 Å². The van der Waals surface area contributed by atoms with E-state index in [1.165, 1.54) is 32.1 Å². The van der Waals surface area contributed by atoms with Crippen LogP contribution in [0.2, 0.25) is 0 Å². The minimum Gasteiger partial charge on any atom is -0.305 e. The molecule has 4 aliphatic carbocycles. The van der Waals surface area contributed by atoms with Crippen LogP contribution >= 0.6 is 0 Å². The first-order valence-corrected chi connectivity index (χ1v) is 9.86. The molecular weight excluding hydrogens is 278 g/mol. The highest BCUT2D eigenvalue weighted by Gasteiger charge is 2.58. The molecule has 0 aromatic rings. The molecule has 1 nitrogen and oxygen atoms in total. The summed E-state index contributed by atoms with van der Waals surface area (Å²) in [6.07, 6.45) is 12.2. The van der Waals surface area contributed by atoms with Crippen molar-refractivity contribution in [2.24, 2.45) is 46.8 Å². The Morgan fingerprint density at radius 1 is 1.30 bits per heavy atom. The van der Waals surface area contributed by atoms with Gasteiger partial charge in [-0.2, -0.15) is 0 Å². The molecule has 0 aromatic heterocycles. The van der Waals surface area contributed by atoms with Gasteiger partial charge in [-0.1, -0.05) is 32.4 Å². The minimum atomic E-state index is 0.560. The summed E-state index contributed by atoms with van der Waals surface area (Å²) in [7, 11) is 0. The van der Waals surface area contributed by atoms with Crippen LogP contribution in [0.1, 0.15) is 59.3 Å². The summed E-state index contributed by atoms with van der Waals surface area (Å²) in [6, 6.07) is 0. The lowest BCUT2D eigenvalue weighted by Crippen LogP contribution is -2.49. The Hall–Kier alpha value is -0.850. The Bertz CT molecular complexity index is 558. The largest absolute Gasteiger partial charge is 0.305 e. The summed E-state index contributed by atoms with van der Waals surface area (Å²) in [4.78, 5) is 0. The van der Waals surface area contributed by atoms with Crippen LogP contribution in [0, 0.1) is 52.2 Å². The molecule has 0 amide bonds. The molecule has 3 fully saturated rings. The van der Waals surface area contributed by atoms with Crippen LogP contribution in [0.15, 0.2) is 24.3 Å². The summed E-state index contributed by atoms with van der Waals surface area (Å²) in [5.74, 6) is 5.80. The fourth-order valence-corrected chi connectivity index (χ4v) is 7.17. The van der Waals surface area contributed by atoms with Crippen molar-refractivity contribution in [2.75, 3.05) is 0 Å². The number of nitrogens with one attached hydrogen (secondary N) is 1. The Balaban J connectivity index is 1.72. The molecule has 0 aromatic carbocycles. The molecule has 23 heavy (non-hydrogen) atoms. The van der Waals surface area contributed by atoms with E-state index in [0.29, 0.717) is 11.3 Å². The van der Waals surface area contributed by atoms with E-state index < -0.39 is 0 Å². The summed E-state index contributed by atoms with van der Waals surface area (Å²) in [5, 5.41) is 8.07. The van der Waals surface area contributed by atoms with Gasteiger partial charge < -0.3 is 5.41 Å². The van der Waals surface area contributed by atoms with E-state index in [4.69, 9.17) is 5.41 Å². The van der Waals surface area contributed by atoms with E-state index in [1.807, 2.05) is 0 Å². The van der Waals surface area contributed by atoms with Crippen LogP contribution in [-0.4, -0.2) is 5.71 Å². The van der Waals surface area contributed by atoms with Gasteiger partial charge in [0.15, 0.2) is 0 Å². The topological polar surface area (TPSA) is 23.9 Å². The first kappa shape index (κ1) is 15.7. The third-order valence-corrected chi connectivity index (χ3v) is 8.69. The molecule has 4 aliphatic rings. The van der Waals surface area contributed by atoms with E-state index >= 15 is 0 Å². The van der Waals surface area contributed by atoms with Crippen molar-refractivity contribution in [3.63, 3.8) is 0 Å². The van der Waals surface area contributed by atoms with Crippen molar-refractivity contribution < 1.29 is 0 Å². The van der Waals surface area contributed by atoms with Crippen LogP contribution in [0.3, 0.4) is 0 Å². The smallest absolute Gasteiger partial charge is 0.0313 e. The Labute approximate surface area is 142 Å². The SMILES string of the molecule is C=CC1CC2=CC(=N)CCC2C2CCC3(C)C(C)C(C)CC3C12.